The van der Waals surface area contributed by atoms with Crippen molar-refractivity contribution in [2.75, 3.05) is 18.0 Å². The molecule has 0 radical (unpaired) electrons. The SMILES string of the molecule is CC1(O)CCCN(c2cccc(C(=O)O)n2)CC1. The summed E-state index contributed by atoms with van der Waals surface area (Å²) in [5.41, 5.74) is -0.567. The fourth-order valence-electron chi connectivity index (χ4n) is 2.21. The van der Waals surface area contributed by atoms with Crippen LogP contribution in [-0.4, -0.2) is 39.9 Å². The number of hydrogen-bond donors (Lipinski definition) is 2. The maximum absolute atomic E-state index is 10.9. The Bertz CT molecular complexity index is 446. The van der Waals surface area contributed by atoms with E-state index in [4.69, 9.17) is 5.11 Å². The highest BCUT2D eigenvalue weighted by Crippen LogP contribution is 2.24. The average molecular weight is 250 g/mol. The Morgan fingerprint density at radius 2 is 2.17 bits per heavy atom. The topological polar surface area (TPSA) is 73.7 Å². The maximum Gasteiger partial charge on any atom is 0.354 e. The zero-order valence-electron chi connectivity index (χ0n) is 10.5. The molecule has 1 fully saturated rings. The molecule has 0 bridgehead atoms. The van der Waals surface area contributed by atoms with Gasteiger partial charge in [0.2, 0.25) is 0 Å². The van der Waals surface area contributed by atoms with E-state index in [1.807, 2.05) is 17.9 Å². The lowest BCUT2D eigenvalue weighted by Crippen LogP contribution is -2.29. The number of anilines is 1. The molecule has 1 aliphatic rings. The van der Waals surface area contributed by atoms with Gasteiger partial charge in [0.15, 0.2) is 5.69 Å². The van der Waals surface area contributed by atoms with Crippen molar-refractivity contribution in [1.82, 2.24) is 4.98 Å². The van der Waals surface area contributed by atoms with Crippen LogP contribution < -0.4 is 4.90 Å². The van der Waals surface area contributed by atoms with Crippen molar-refractivity contribution in [3.63, 3.8) is 0 Å². The number of aromatic carboxylic acids is 1. The first-order chi connectivity index (χ1) is 8.48. The summed E-state index contributed by atoms with van der Waals surface area (Å²) in [4.78, 5) is 17.1. The smallest absolute Gasteiger partial charge is 0.354 e. The maximum atomic E-state index is 10.9. The van der Waals surface area contributed by atoms with Gasteiger partial charge >= 0.3 is 5.97 Å². The van der Waals surface area contributed by atoms with E-state index in [1.54, 1.807) is 6.07 Å². The van der Waals surface area contributed by atoms with Crippen LogP contribution in [0, 0.1) is 0 Å². The van der Waals surface area contributed by atoms with E-state index in [9.17, 15) is 9.90 Å². The van der Waals surface area contributed by atoms with Crippen LogP contribution in [0.4, 0.5) is 5.82 Å². The highest BCUT2D eigenvalue weighted by molar-refractivity contribution is 5.85. The minimum Gasteiger partial charge on any atom is -0.477 e. The standard InChI is InChI=1S/C13H18N2O3/c1-13(18)6-3-8-15(9-7-13)11-5-2-4-10(14-11)12(16)17/h2,4-5,18H,3,6-9H2,1H3,(H,16,17). The number of aromatic nitrogens is 1. The van der Waals surface area contributed by atoms with Gasteiger partial charge in [0.25, 0.3) is 0 Å². The van der Waals surface area contributed by atoms with Gasteiger partial charge in [0.1, 0.15) is 5.82 Å². The second-order valence-corrected chi connectivity index (χ2v) is 5.02. The summed E-state index contributed by atoms with van der Waals surface area (Å²) >= 11 is 0. The molecule has 1 aromatic heterocycles. The molecule has 1 unspecified atom stereocenters. The number of pyridine rings is 1. The lowest BCUT2D eigenvalue weighted by Gasteiger charge is -2.23. The van der Waals surface area contributed by atoms with Crippen LogP contribution in [0.5, 0.6) is 0 Å². The predicted molar refractivity (Wildman–Crippen MR) is 67.9 cm³/mol. The fraction of sp³-hybridized carbons (Fsp3) is 0.538. The molecule has 0 saturated carbocycles. The van der Waals surface area contributed by atoms with Crippen LogP contribution in [0.15, 0.2) is 18.2 Å². The van der Waals surface area contributed by atoms with Crippen molar-refractivity contribution in [3.05, 3.63) is 23.9 Å². The van der Waals surface area contributed by atoms with Crippen LogP contribution in [-0.2, 0) is 0 Å². The molecular weight excluding hydrogens is 232 g/mol. The highest BCUT2D eigenvalue weighted by atomic mass is 16.4. The van der Waals surface area contributed by atoms with E-state index >= 15 is 0 Å². The Labute approximate surface area is 106 Å². The summed E-state index contributed by atoms with van der Waals surface area (Å²) in [5, 5.41) is 18.9. The molecule has 0 amide bonds. The minimum absolute atomic E-state index is 0.0588. The first-order valence-corrected chi connectivity index (χ1v) is 6.16. The van der Waals surface area contributed by atoms with Crippen molar-refractivity contribution in [2.45, 2.75) is 31.8 Å². The van der Waals surface area contributed by atoms with Gasteiger partial charge in [-0.15, -0.1) is 0 Å². The van der Waals surface area contributed by atoms with Crippen LogP contribution in [0.3, 0.4) is 0 Å². The first-order valence-electron chi connectivity index (χ1n) is 6.16. The van der Waals surface area contributed by atoms with Crippen LogP contribution in [0.1, 0.15) is 36.7 Å². The molecule has 1 aromatic rings. The van der Waals surface area contributed by atoms with Crippen molar-refractivity contribution in [3.8, 4) is 0 Å². The van der Waals surface area contributed by atoms with Crippen molar-refractivity contribution >= 4 is 11.8 Å². The van der Waals surface area contributed by atoms with E-state index < -0.39 is 11.6 Å². The number of carboxylic acid groups (broad SMARTS) is 1. The van der Waals surface area contributed by atoms with Crippen LogP contribution >= 0.6 is 0 Å². The number of nitrogens with zero attached hydrogens (tertiary/aromatic N) is 2. The third-order valence-electron chi connectivity index (χ3n) is 3.34. The van der Waals surface area contributed by atoms with Gasteiger partial charge in [0, 0.05) is 13.1 Å². The van der Waals surface area contributed by atoms with Crippen molar-refractivity contribution < 1.29 is 15.0 Å². The Morgan fingerprint density at radius 1 is 1.39 bits per heavy atom. The van der Waals surface area contributed by atoms with E-state index in [0.717, 1.165) is 19.4 Å². The van der Waals surface area contributed by atoms with Gasteiger partial charge in [-0.2, -0.15) is 0 Å². The normalized spacial score (nSPS) is 24.7. The van der Waals surface area contributed by atoms with E-state index in [-0.39, 0.29) is 5.69 Å². The molecule has 1 atom stereocenters. The Hall–Kier alpha value is -1.62. The zero-order chi connectivity index (χ0) is 13.2. The molecule has 5 heteroatoms. The molecule has 2 N–H and O–H groups in total. The van der Waals surface area contributed by atoms with Gasteiger partial charge < -0.3 is 15.1 Å². The fourth-order valence-corrected chi connectivity index (χ4v) is 2.21. The van der Waals surface area contributed by atoms with Crippen LogP contribution in [0.2, 0.25) is 0 Å². The molecule has 98 valence electrons. The number of rotatable bonds is 2. The van der Waals surface area contributed by atoms with Gasteiger partial charge in [-0.1, -0.05) is 6.07 Å². The molecule has 18 heavy (non-hydrogen) atoms. The Balaban J connectivity index is 2.16. The number of aliphatic hydroxyl groups is 1. The summed E-state index contributed by atoms with van der Waals surface area (Å²) in [7, 11) is 0. The molecule has 1 saturated heterocycles. The monoisotopic (exact) mass is 250 g/mol. The first kappa shape index (κ1) is 12.8. The molecule has 2 rings (SSSR count). The van der Waals surface area contributed by atoms with E-state index in [1.165, 1.54) is 6.07 Å². The average Bonchev–Trinajstić information content (AvgIpc) is 2.50. The highest BCUT2D eigenvalue weighted by Gasteiger charge is 2.25. The quantitative estimate of drug-likeness (QED) is 0.832. The number of carbonyl (C=O) groups is 1. The number of carboxylic acids is 1. The Morgan fingerprint density at radius 3 is 2.89 bits per heavy atom. The summed E-state index contributed by atoms with van der Waals surface area (Å²) in [6.45, 7) is 3.34. The van der Waals surface area contributed by atoms with Gasteiger partial charge in [-0.3, -0.25) is 0 Å². The van der Waals surface area contributed by atoms with E-state index in [2.05, 4.69) is 4.98 Å². The third kappa shape index (κ3) is 2.98. The van der Waals surface area contributed by atoms with E-state index in [0.29, 0.717) is 18.8 Å². The van der Waals surface area contributed by atoms with Crippen LogP contribution in [0.25, 0.3) is 0 Å². The second-order valence-electron chi connectivity index (χ2n) is 5.02. The lowest BCUT2D eigenvalue weighted by atomic mass is 9.98. The molecule has 2 heterocycles. The lowest BCUT2D eigenvalue weighted by molar-refractivity contribution is 0.0481. The molecule has 0 spiro atoms. The molecule has 1 aliphatic heterocycles. The molecule has 0 aromatic carbocycles. The summed E-state index contributed by atoms with van der Waals surface area (Å²) in [6, 6.07) is 5.00. The number of hydrogen-bond acceptors (Lipinski definition) is 4. The zero-order valence-corrected chi connectivity index (χ0v) is 10.5. The third-order valence-corrected chi connectivity index (χ3v) is 3.34. The summed E-state index contributed by atoms with van der Waals surface area (Å²) in [5.74, 6) is -0.341. The van der Waals surface area contributed by atoms with Crippen molar-refractivity contribution in [1.29, 1.82) is 0 Å². The second kappa shape index (κ2) is 4.94. The summed E-state index contributed by atoms with van der Waals surface area (Å²) < 4.78 is 0. The Kier molecular flexibility index (Phi) is 3.52. The predicted octanol–water partition coefficient (Wildman–Crippen LogP) is 1.52. The van der Waals surface area contributed by atoms with Gasteiger partial charge in [0.05, 0.1) is 5.60 Å². The molecular formula is C13H18N2O3. The molecule has 5 nitrogen and oxygen atoms in total. The summed E-state index contributed by atoms with van der Waals surface area (Å²) in [6.07, 6.45) is 2.32. The van der Waals surface area contributed by atoms with Gasteiger partial charge in [-0.05, 0) is 38.3 Å². The molecule has 0 aliphatic carbocycles. The minimum atomic E-state index is -1.02. The largest absolute Gasteiger partial charge is 0.477 e. The van der Waals surface area contributed by atoms with Gasteiger partial charge in [-0.25, -0.2) is 9.78 Å². The van der Waals surface area contributed by atoms with Crippen molar-refractivity contribution in [2.24, 2.45) is 0 Å².